The fraction of sp³-hybridized carbons (Fsp3) is 0.353. The maximum Gasteiger partial charge on any atom is 0.219 e. The predicted molar refractivity (Wildman–Crippen MR) is 84.5 cm³/mol. The maximum atomic E-state index is 11.4. The van der Waals surface area contributed by atoms with Crippen molar-refractivity contribution in [2.75, 3.05) is 7.05 Å². The number of aliphatic hydroxyl groups is 1. The number of carbonyl (C=O) groups excluding carboxylic acids is 2. The smallest absolute Gasteiger partial charge is 0.219 e. The normalized spacial score (nSPS) is 12.1. The van der Waals surface area contributed by atoms with Crippen LogP contribution in [0.5, 0.6) is 0 Å². The summed E-state index contributed by atoms with van der Waals surface area (Å²) in [5, 5.41) is 12.7. The lowest BCUT2D eigenvalue weighted by Crippen LogP contribution is -2.18. The first-order valence-electron chi connectivity index (χ1n) is 7.26. The Kier molecular flexibility index (Phi) is 5.22. The number of aryl methyl sites for hydroxylation is 1. The van der Waals surface area contributed by atoms with E-state index in [1.165, 1.54) is 0 Å². The van der Waals surface area contributed by atoms with Crippen molar-refractivity contribution < 1.29 is 14.7 Å². The summed E-state index contributed by atoms with van der Waals surface area (Å²) in [5.74, 6) is -0.419. The van der Waals surface area contributed by atoms with Gasteiger partial charge in [-0.15, -0.1) is 0 Å². The first-order chi connectivity index (χ1) is 10.6. The molecule has 0 saturated heterocycles. The lowest BCUT2D eigenvalue weighted by molar-refractivity contribution is -0.120. The van der Waals surface area contributed by atoms with Crippen LogP contribution in [0.15, 0.2) is 24.3 Å². The number of rotatable bonds is 6. The van der Waals surface area contributed by atoms with Gasteiger partial charge in [0, 0.05) is 30.5 Å². The molecule has 1 aromatic heterocycles. The molecular formula is C17H20N2O3. The molecule has 0 aliphatic rings. The van der Waals surface area contributed by atoms with Crippen LogP contribution in [-0.4, -0.2) is 29.3 Å². The third-order valence-corrected chi connectivity index (χ3v) is 3.82. The van der Waals surface area contributed by atoms with Crippen LogP contribution in [0, 0.1) is 6.92 Å². The number of pyridine rings is 1. The summed E-state index contributed by atoms with van der Waals surface area (Å²) in [6.07, 6.45) is 1.65. The zero-order chi connectivity index (χ0) is 16.1. The van der Waals surface area contributed by atoms with Crippen molar-refractivity contribution in [3.05, 3.63) is 41.1 Å². The van der Waals surface area contributed by atoms with Gasteiger partial charge in [0.05, 0.1) is 12.1 Å². The largest absolute Gasteiger partial charge is 0.392 e. The van der Waals surface area contributed by atoms with Crippen LogP contribution < -0.4 is 5.32 Å². The molecule has 1 heterocycles. The zero-order valence-electron chi connectivity index (χ0n) is 12.8. The number of aliphatic hydroxyl groups excluding tert-OH is 1. The molecule has 0 spiro atoms. The highest BCUT2D eigenvalue weighted by Gasteiger charge is 2.16. The molecule has 116 valence electrons. The maximum absolute atomic E-state index is 11.4. The van der Waals surface area contributed by atoms with E-state index in [0.29, 0.717) is 12.8 Å². The quantitative estimate of drug-likeness (QED) is 0.798. The molecule has 2 N–H and O–H groups in total. The van der Waals surface area contributed by atoms with Gasteiger partial charge in [-0.05, 0) is 36.6 Å². The standard InChI is InChI=1S/C17H20N2O3/c1-11-15(14(10-21)5-6-17(22)18-2)8-13-4-3-12(9-20)7-16(13)19-11/h3-4,7-8,10,14,20H,5-6,9H2,1-2H3,(H,18,22). The van der Waals surface area contributed by atoms with Crippen molar-refractivity contribution in [1.29, 1.82) is 0 Å². The number of amides is 1. The Morgan fingerprint density at radius 3 is 2.82 bits per heavy atom. The fourth-order valence-corrected chi connectivity index (χ4v) is 2.51. The van der Waals surface area contributed by atoms with E-state index in [1.54, 1.807) is 7.05 Å². The lowest BCUT2D eigenvalue weighted by atomic mass is 9.93. The van der Waals surface area contributed by atoms with Gasteiger partial charge in [-0.2, -0.15) is 0 Å². The summed E-state index contributed by atoms with van der Waals surface area (Å²) < 4.78 is 0. The monoisotopic (exact) mass is 300 g/mol. The van der Waals surface area contributed by atoms with Gasteiger partial charge in [0.1, 0.15) is 6.29 Å². The van der Waals surface area contributed by atoms with Crippen molar-refractivity contribution in [1.82, 2.24) is 10.3 Å². The van der Waals surface area contributed by atoms with Crippen LogP contribution in [0.3, 0.4) is 0 Å². The summed E-state index contributed by atoms with van der Waals surface area (Å²) in [7, 11) is 1.58. The van der Waals surface area contributed by atoms with Crippen molar-refractivity contribution in [2.24, 2.45) is 0 Å². The van der Waals surface area contributed by atoms with E-state index in [9.17, 15) is 14.7 Å². The van der Waals surface area contributed by atoms with Gasteiger partial charge < -0.3 is 15.2 Å². The zero-order valence-corrected chi connectivity index (χ0v) is 12.8. The third-order valence-electron chi connectivity index (χ3n) is 3.82. The Morgan fingerprint density at radius 2 is 2.18 bits per heavy atom. The average molecular weight is 300 g/mol. The summed E-state index contributed by atoms with van der Waals surface area (Å²) in [6, 6.07) is 7.51. The molecule has 1 atom stereocenters. The van der Waals surface area contributed by atoms with E-state index in [-0.39, 0.29) is 18.4 Å². The second kappa shape index (κ2) is 7.13. The molecule has 22 heavy (non-hydrogen) atoms. The van der Waals surface area contributed by atoms with E-state index < -0.39 is 0 Å². The van der Waals surface area contributed by atoms with Gasteiger partial charge in [-0.3, -0.25) is 9.78 Å². The number of carbonyl (C=O) groups is 2. The first kappa shape index (κ1) is 16.1. The molecule has 5 heteroatoms. The molecule has 2 aromatic rings. The van der Waals surface area contributed by atoms with E-state index in [4.69, 9.17) is 0 Å². The van der Waals surface area contributed by atoms with Gasteiger partial charge in [0.2, 0.25) is 5.91 Å². The van der Waals surface area contributed by atoms with Crippen molar-refractivity contribution in [3.63, 3.8) is 0 Å². The molecule has 0 aliphatic heterocycles. The molecule has 1 unspecified atom stereocenters. The molecule has 0 radical (unpaired) electrons. The first-order valence-corrected chi connectivity index (χ1v) is 7.26. The van der Waals surface area contributed by atoms with Crippen LogP contribution in [0.4, 0.5) is 0 Å². The van der Waals surface area contributed by atoms with Gasteiger partial charge >= 0.3 is 0 Å². The number of aromatic nitrogens is 1. The number of nitrogens with one attached hydrogen (secondary N) is 1. The fourth-order valence-electron chi connectivity index (χ4n) is 2.51. The van der Waals surface area contributed by atoms with Crippen LogP contribution in [0.25, 0.3) is 10.9 Å². The van der Waals surface area contributed by atoms with Crippen molar-refractivity contribution >= 4 is 23.1 Å². The van der Waals surface area contributed by atoms with E-state index in [2.05, 4.69) is 10.3 Å². The molecule has 1 amide bonds. The Labute approximate surface area is 129 Å². The highest BCUT2D eigenvalue weighted by Crippen LogP contribution is 2.26. The van der Waals surface area contributed by atoms with Crippen LogP contribution >= 0.6 is 0 Å². The van der Waals surface area contributed by atoms with E-state index in [1.807, 2.05) is 31.2 Å². The lowest BCUT2D eigenvalue weighted by Gasteiger charge is -2.14. The van der Waals surface area contributed by atoms with Crippen LogP contribution in [0.2, 0.25) is 0 Å². The molecular weight excluding hydrogens is 280 g/mol. The second-order valence-electron chi connectivity index (χ2n) is 5.30. The minimum absolute atomic E-state index is 0.0263. The number of fused-ring (bicyclic) bond motifs is 1. The number of nitrogens with zero attached hydrogens (tertiary/aromatic N) is 1. The highest BCUT2D eigenvalue weighted by atomic mass is 16.3. The minimum atomic E-state index is -0.341. The van der Waals surface area contributed by atoms with Crippen LogP contribution in [-0.2, 0) is 16.2 Å². The summed E-state index contributed by atoms with van der Waals surface area (Å²) >= 11 is 0. The molecule has 0 fully saturated rings. The van der Waals surface area contributed by atoms with Gasteiger partial charge in [0.25, 0.3) is 0 Å². The molecule has 5 nitrogen and oxygen atoms in total. The Hall–Kier alpha value is -2.27. The molecule has 2 rings (SSSR count). The van der Waals surface area contributed by atoms with Gasteiger partial charge in [-0.25, -0.2) is 0 Å². The third kappa shape index (κ3) is 3.49. The summed E-state index contributed by atoms with van der Waals surface area (Å²) in [6.45, 7) is 1.83. The Morgan fingerprint density at radius 1 is 1.41 bits per heavy atom. The van der Waals surface area contributed by atoms with Crippen molar-refractivity contribution in [2.45, 2.75) is 32.3 Å². The SMILES string of the molecule is CNC(=O)CCC(C=O)c1cc2ccc(CO)cc2nc1C. The summed E-state index contributed by atoms with van der Waals surface area (Å²) in [5.41, 5.74) is 3.22. The number of aldehydes is 1. The summed E-state index contributed by atoms with van der Waals surface area (Å²) in [4.78, 5) is 27.3. The average Bonchev–Trinajstić information content (AvgIpc) is 2.54. The van der Waals surface area contributed by atoms with E-state index >= 15 is 0 Å². The Balaban J connectivity index is 2.34. The second-order valence-corrected chi connectivity index (χ2v) is 5.30. The number of hydrogen-bond donors (Lipinski definition) is 2. The molecule has 0 aliphatic carbocycles. The minimum Gasteiger partial charge on any atom is -0.392 e. The van der Waals surface area contributed by atoms with E-state index in [0.717, 1.165) is 34.0 Å². The predicted octanol–water partition coefficient (Wildman–Crippen LogP) is 1.84. The van der Waals surface area contributed by atoms with Gasteiger partial charge in [-0.1, -0.05) is 12.1 Å². The molecule has 1 aromatic carbocycles. The highest BCUT2D eigenvalue weighted by molar-refractivity contribution is 5.82. The molecule has 0 saturated carbocycles. The van der Waals surface area contributed by atoms with Crippen molar-refractivity contribution in [3.8, 4) is 0 Å². The molecule has 0 bridgehead atoms. The Bertz CT molecular complexity index is 698. The van der Waals surface area contributed by atoms with Crippen LogP contribution in [0.1, 0.15) is 35.6 Å². The van der Waals surface area contributed by atoms with Gasteiger partial charge in [0.15, 0.2) is 0 Å². The topological polar surface area (TPSA) is 79.3 Å². The number of benzene rings is 1. The number of hydrogen-bond acceptors (Lipinski definition) is 4.